The van der Waals surface area contributed by atoms with Crippen LogP contribution in [0.25, 0.3) is 0 Å². The second-order valence-corrected chi connectivity index (χ2v) is 3.61. The highest BCUT2D eigenvalue weighted by Crippen LogP contribution is 2.27. The van der Waals surface area contributed by atoms with Gasteiger partial charge in [-0.1, -0.05) is 13.0 Å². The Bertz CT molecular complexity index is 441. The molecule has 0 radical (unpaired) electrons. The number of carboxylic acids is 1. The molecule has 0 amide bonds. The molecular weight excluding hydrogens is 194 g/mol. The molecule has 15 heavy (non-hydrogen) atoms. The number of aliphatic carboxylic acids is 1. The van der Waals surface area contributed by atoms with Crippen LogP contribution in [-0.2, 0) is 4.79 Å². The minimum absolute atomic E-state index is 0.0172. The van der Waals surface area contributed by atoms with Crippen LogP contribution in [0.1, 0.15) is 6.92 Å². The molecule has 1 aliphatic heterocycles. The fraction of sp³-hybridized carbons (Fsp3) is 0.273. The number of nitrogens with zero attached hydrogens (tertiary/aromatic N) is 1. The minimum atomic E-state index is -0.931. The van der Waals surface area contributed by atoms with Crippen molar-refractivity contribution in [1.82, 2.24) is 0 Å². The van der Waals surface area contributed by atoms with Crippen molar-refractivity contribution in [3.05, 3.63) is 35.1 Å². The van der Waals surface area contributed by atoms with Crippen molar-refractivity contribution in [1.29, 1.82) is 0 Å². The van der Waals surface area contributed by atoms with Crippen LogP contribution in [0.4, 0.5) is 0 Å². The van der Waals surface area contributed by atoms with Gasteiger partial charge in [0, 0.05) is 5.92 Å². The first-order chi connectivity index (χ1) is 7.11. The van der Waals surface area contributed by atoms with Gasteiger partial charge >= 0.3 is 5.97 Å². The normalized spacial score (nSPS) is 23.7. The Hall–Kier alpha value is -1.68. The molecule has 78 valence electrons. The van der Waals surface area contributed by atoms with Crippen LogP contribution in [0.15, 0.2) is 40.1 Å². The average Bonchev–Trinajstić information content (AvgIpc) is 2.61. The first-order valence-corrected chi connectivity index (χ1v) is 4.69. The zero-order valence-electron chi connectivity index (χ0n) is 8.27. The van der Waals surface area contributed by atoms with Gasteiger partial charge in [0.2, 0.25) is 0 Å². The zero-order chi connectivity index (χ0) is 11.0. The van der Waals surface area contributed by atoms with E-state index in [1.165, 1.54) is 0 Å². The number of aliphatic hydroxyl groups is 1. The third-order valence-electron chi connectivity index (χ3n) is 2.46. The SMILES string of the molecule is CC1C=C(C(=O)O)C=C2C=C(CO)N=C21. The van der Waals surface area contributed by atoms with Crippen molar-refractivity contribution in [3.8, 4) is 0 Å². The Morgan fingerprint density at radius 1 is 1.53 bits per heavy atom. The Balaban J connectivity index is 2.40. The fourth-order valence-electron chi connectivity index (χ4n) is 1.76. The van der Waals surface area contributed by atoms with E-state index in [0.717, 1.165) is 11.3 Å². The standard InChI is InChI=1S/C11H11NO3/c1-6-2-8(11(14)15)3-7-4-9(5-13)12-10(6)7/h2-4,6,13H,5H2,1H3,(H,14,15). The second-order valence-electron chi connectivity index (χ2n) is 3.61. The van der Waals surface area contributed by atoms with E-state index in [1.54, 1.807) is 18.2 Å². The van der Waals surface area contributed by atoms with Crippen LogP contribution in [0.3, 0.4) is 0 Å². The Morgan fingerprint density at radius 2 is 2.27 bits per heavy atom. The first kappa shape index (κ1) is 9.86. The van der Waals surface area contributed by atoms with Crippen LogP contribution in [-0.4, -0.2) is 28.5 Å². The maximum absolute atomic E-state index is 10.8. The lowest BCUT2D eigenvalue weighted by Crippen LogP contribution is -2.16. The number of fused-ring (bicyclic) bond motifs is 1. The minimum Gasteiger partial charge on any atom is -0.478 e. The first-order valence-electron chi connectivity index (χ1n) is 4.69. The summed E-state index contributed by atoms with van der Waals surface area (Å²) < 4.78 is 0. The van der Waals surface area contributed by atoms with Gasteiger partial charge in [0.25, 0.3) is 0 Å². The number of rotatable bonds is 2. The lowest BCUT2D eigenvalue weighted by Gasteiger charge is -2.14. The molecule has 1 atom stereocenters. The molecule has 0 aromatic heterocycles. The predicted molar refractivity (Wildman–Crippen MR) is 55.6 cm³/mol. The summed E-state index contributed by atoms with van der Waals surface area (Å²) in [6, 6.07) is 0. The molecule has 1 heterocycles. The van der Waals surface area contributed by atoms with Crippen molar-refractivity contribution in [2.24, 2.45) is 10.9 Å². The maximum Gasteiger partial charge on any atom is 0.335 e. The molecular formula is C11H11NO3. The lowest BCUT2D eigenvalue weighted by molar-refractivity contribution is -0.132. The number of aliphatic hydroxyl groups excluding tert-OH is 1. The van der Waals surface area contributed by atoms with Gasteiger partial charge in [-0.15, -0.1) is 0 Å². The van der Waals surface area contributed by atoms with Crippen molar-refractivity contribution in [2.75, 3.05) is 6.61 Å². The van der Waals surface area contributed by atoms with Gasteiger partial charge in [0.1, 0.15) is 0 Å². The van der Waals surface area contributed by atoms with E-state index in [0.29, 0.717) is 5.70 Å². The molecule has 0 saturated carbocycles. The van der Waals surface area contributed by atoms with Gasteiger partial charge in [-0.05, 0) is 17.7 Å². The molecule has 2 aliphatic rings. The topological polar surface area (TPSA) is 69.9 Å². The number of carboxylic acid groups (broad SMARTS) is 1. The molecule has 0 aromatic carbocycles. The fourth-order valence-corrected chi connectivity index (χ4v) is 1.76. The summed E-state index contributed by atoms with van der Waals surface area (Å²) in [6.07, 6.45) is 4.98. The summed E-state index contributed by atoms with van der Waals surface area (Å²) in [6.45, 7) is 1.78. The summed E-state index contributed by atoms with van der Waals surface area (Å²) in [5.41, 5.74) is 2.51. The van der Waals surface area contributed by atoms with Gasteiger partial charge in [-0.2, -0.15) is 0 Å². The quantitative estimate of drug-likeness (QED) is 0.703. The van der Waals surface area contributed by atoms with Gasteiger partial charge < -0.3 is 10.2 Å². The third kappa shape index (κ3) is 1.64. The van der Waals surface area contributed by atoms with E-state index in [4.69, 9.17) is 10.2 Å². The molecule has 0 fully saturated rings. The second kappa shape index (κ2) is 3.47. The van der Waals surface area contributed by atoms with Crippen LogP contribution in [0, 0.1) is 5.92 Å². The largest absolute Gasteiger partial charge is 0.478 e. The van der Waals surface area contributed by atoms with E-state index in [-0.39, 0.29) is 18.1 Å². The van der Waals surface area contributed by atoms with Crippen LogP contribution in [0.2, 0.25) is 0 Å². The van der Waals surface area contributed by atoms with Gasteiger partial charge in [-0.3, -0.25) is 4.99 Å². The average molecular weight is 205 g/mol. The van der Waals surface area contributed by atoms with E-state index in [1.807, 2.05) is 6.92 Å². The van der Waals surface area contributed by atoms with Gasteiger partial charge in [-0.25, -0.2) is 4.79 Å². The Morgan fingerprint density at radius 3 is 2.87 bits per heavy atom. The van der Waals surface area contributed by atoms with Crippen molar-refractivity contribution >= 4 is 11.7 Å². The molecule has 2 rings (SSSR count). The molecule has 0 saturated heterocycles. The molecule has 0 spiro atoms. The molecule has 1 aliphatic carbocycles. The van der Waals surface area contributed by atoms with Crippen LogP contribution >= 0.6 is 0 Å². The highest BCUT2D eigenvalue weighted by atomic mass is 16.4. The molecule has 0 aromatic rings. The van der Waals surface area contributed by atoms with Crippen molar-refractivity contribution < 1.29 is 15.0 Å². The summed E-state index contributed by atoms with van der Waals surface area (Å²) in [7, 11) is 0. The summed E-state index contributed by atoms with van der Waals surface area (Å²) in [5, 5.41) is 17.8. The van der Waals surface area contributed by atoms with Crippen molar-refractivity contribution in [3.63, 3.8) is 0 Å². The number of hydrogen-bond donors (Lipinski definition) is 2. The maximum atomic E-state index is 10.8. The predicted octanol–water partition coefficient (Wildman–Crippen LogP) is 0.904. The zero-order valence-corrected chi connectivity index (χ0v) is 8.27. The molecule has 0 bridgehead atoms. The van der Waals surface area contributed by atoms with Crippen LogP contribution in [0.5, 0.6) is 0 Å². The lowest BCUT2D eigenvalue weighted by atomic mass is 9.90. The summed E-state index contributed by atoms with van der Waals surface area (Å²) >= 11 is 0. The third-order valence-corrected chi connectivity index (χ3v) is 2.46. The molecule has 4 nitrogen and oxygen atoms in total. The summed E-state index contributed by atoms with van der Waals surface area (Å²) in [4.78, 5) is 15.0. The number of aliphatic imine (C=N–C) groups is 1. The molecule has 2 N–H and O–H groups in total. The van der Waals surface area contributed by atoms with E-state index in [9.17, 15) is 4.79 Å². The molecule has 4 heteroatoms. The van der Waals surface area contributed by atoms with Gasteiger partial charge in [0.05, 0.1) is 23.6 Å². The van der Waals surface area contributed by atoms with Gasteiger partial charge in [0.15, 0.2) is 0 Å². The number of carbonyl (C=O) groups is 1. The monoisotopic (exact) mass is 205 g/mol. The van der Waals surface area contributed by atoms with Crippen LogP contribution < -0.4 is 0 Å². The van der Waals surface area contributed by atoms with E-state index >= 15 is 0 Å². The van der Waals surface area contributed by atoms with E-state index < -0.39 is 5.97 Å². The number of allylic oxidation sites excluding steroid dienone is 3. The highest BCUT2D eigenvalue weighted by Gasteiger charge is 2.24. The summed E-state index contributed by atoms with van der Waals surface area (Å²) in [5.74, 6) is -0.948. The Labute approximate surface area is 87.0 Å². The molecule has 1 unspecified atom stereocenters. The number of hydrogen-bond acceptors (Lipinski definition) is 3. The Kier molecular flexibility index (Phi) is 2.28. The van der Waals surface area contributed by atoms with E-state index in [2.05, 4.69) is 4.99 Å². The highest BCUT2D eigenvalue weighted by molar-refractivity contribution is 6.11. The smallest absolute Gasteiger partial charge is 0.335 e. The van der Waals surface area contributed by atoms with Crippen molar-refractivity contribution in [2.45, 2.75) is 6.92 Å².